The van der Waals surface area contributed by atoms with Crippen molar-refractivity contribution in [3.63, 3.8) is 0 Å². The number of aromatic nitrogens is 4. The van der Waals surface area contributed by atoms with Crippen molar-refractivity contribution in [1.29, 1.82) is 0 Å². The molecule has 1 aromatic heterocycles. The summed E-state index contributed by atoms with van der Waals surface area (Å²) in [5, 5.41) is 13.2. The zero-order valence-corrected chi connectivity index (χ0v) is 12.2. The number of hydrogen-bond donors (Lipinski definition) is 1. The summed E-state index contributed by atoms with van der Waals surface area (Å²) in [4.78, 5) is 0. The molecule has 3 rings (SSSR count). The number of nitrogens with zero attached hydrogens (tertiary/aromatic N) is 4. The molecule has 1 heterocycles. The van der Waals surface area contributed by atoms with E-state index in [4.69, 9.17) is 5.73 Å². The van der Waals surface area contributed by atoms with Crippen LogP contribution in [-0.2, 0) is 0 Å². The van der Waals surface area contributed by atoms with Crippen LogP contribution in [0.25, 0.3) is 0 Å². The number of thioether (sulfide) groups is 1. The highest BCUT2D eigenvalue weighted by atomic mass is 32.2. The van der Waals surface area contributed by atoms with Gasteiger partial charge in [-0.1, -0.05) is 31.0 Å². The molecule has 0 aliphatic heterocycles. The predicted octanol–water partition coefficient (Wildman–Crippen LogP) is 2.40. The average molecular weight is 281 g/mol. The molecule has 0 bridgehead atoms. The molecule has 0 radical (unpaired) electrons. The number of hydrogen-bond acceptors (Lipinski definition) is 5. The van der Waals surface area contributed by atoms with Crippen LogP contribution in [0.2, 0.25) is 0 Å². The largest absolute Gasteiger partial charge is 0.327 e. The van der Waals surface area contributed by atoms with Crippen LogP contribution in [0.4, 0.5) is 0 Å². The predicted molar refractivity (Wildman–Crippen MR) is 76.0 cm³/mol. The number of tetrazole rings is 1. The van der Waals surface area contributed by atoms with E-state index >= 15 is 0 Å². The molecular weight excluding hydrogens is 258 g/mol. The van der Waals surface area contributed by atoms with Crippen LogP contribution < -0.4 is 5.73 Å². The molecule has 2 aliphatic rings. The normalized spacial score (nSPS) is 28.3. The van der Waals surface area contributed by atoms with E-state index in [1.54, 1.807) is 11.8 Å². The molecule has 2 atom stereocenters. The molecule has 2 saturated carbocycles. The lowest BCUT2D eigenvalue weighted by molar-refractivity contribution is 0.422. The lowest BCUT2D eigenvalue weighted by Crippen LogP contribution is -2.24. The SMILES string of the molecule is NC1CCCC1CCSc1nnnn1C1CCCC1. The fourth-order valence-corrected chi connectivity index (χ4v) is 4.40. The Balaban J connectivity index is 1.51. The van der Waals surface area contributed by atoms with Gasteiger partial charge in [-0.2, -0.15) is 0 Å². The molecule has 2 unspecified atom stereocenters. The van der Waals surface area contributed by atoms with Crippen LogP contribution in [0.5, 0.6) is 0 Å². The fraction of sp³-hybridized carbons (Fsp3) is 0.923. The molecule has 2 N–H and O–H groups in total. The van der Waals surface area contributed by atoms with Crippen LogP contribution in [0.3, 0.4) is 0 Å². The maximum atomic E-state index is 6.11. The van der Waals surface area contributed by atoms with Crippen molar-refractivity contribution < 1.29 is 0 Å². The quantitative estimate of drug-likeness (QED) is 0.839. The van der Waals surface area contributed by atoms with Gasteiger partial charge in [0, 0.05) is 11.8 Å². The van der Waals surface area contributed by atoms with Crippen molar-refractivity contribution in [3.05, 3.63) is 0 Å². The topological polar surface area (TPSA) is 69.6 Å². The molecule has 19 heavy (non-hydrogen) atoms. The third kappa shape index (κ3) is 3.11. The average Bonchev–Trinajstić information content (AvgIpc) is 3.11. The summed E-state index contributed by atoms with van der Waals surface area (Å²) in [7, 11) is 0. The minimum atomic E-state index is 0.423. The van der Waals surface area contributed by atoms with Crippen molar-refractivity contribution in [2.75, 3.05) is 5.75 Å². The van der Waals surface area contributed by atoms with Crippen molar-refractivity contribution in [1.82, 2.24) is 20.2 Å². The van der Waals surface area contributed by atoms with Gasteiger partial charge in [0.15, 0.2) is 0 Å². The Kier molecular flexibility index (Phi) is 4.38. The van der Waals surface area contributed by atoms with Gasteiger partial charge in [0.05, 0.1) is 6.04 Å². The van der Waals surface area contributed by atoms with E-state index in [2.05, 4.69) is 15.5 Å². The first-order chi connectivity index (χ1) is 9.34. The molecule has 0 amide bonds. The second kappa shape index (κ2) is 6.22. The summed E-state index contributed by atoms with van der Waals surface area (Å²) < 4.78 is 2.05. The van der Waals surface area contributed by atoms with E-state index in [1.165, 1.54) is 51.4 Å². The fourth-order valence-electron chi connectivity index (χ4n) is 3.38. The van der Waals surface area contributed by atoms with Crippen LogP contribution in [0.15, 0.2) is 5.16 Å². The lowest BCUT2D eigenvalue weighted by atomic mass is 10.0. The van der Waals surface area contributed by atoms with E-state index < -0.39 is 0 Å². The molecule has 106 valence electrons. The minimum absolute atomic E-state index is 0.423. The van der Waals surface area contributed by atoms with Gasteiger partial charge in [0.25, 0.3) is 0 Å². The highest BCUT2D eigenvalue weighted by Gasteiger charge is 2.25. The van der Waals surface area contributed by atoms with Gasteiger partial charge in [0.1, 0.15) is 0 Å². The number of rotatable bonds is 5. The second-order valence-corrected chi connectivity index (χ2v) is 6.90. The van der Waals surface area contributed by atoms with Gasteiger partial charge in [0.2, 0.25) is 5.16 Å². The Morgan fingerprint density at radius 1 is 1.16 bits per heavy atom. The maximum absolute atomic E-state index is 6.11. The van der Waals surface area contributed by atoms with Crippen molar-refractivity contribution >= 4 is 11.8 Å². The lowest BCUT2D eigenvalue weighted by Gasteiger charge is -2.15. The van der Waals surface area contributed by atoms with Crippen LogP contribution in [-0.4, -0.2) is 32.0 Å². The minimum Gasteiger partial charge on any atom is -0.327 e. The Morgan fingerprint density at radius 3 is 2.74 bits per heavy atom. The van der Waals surface area contributed by atoms with E-state index in [1.807, 2.05) is 4.68 Å². The summed E-state index contributed by atoms with van der Waals surface area (Å²) in [5.41, 5.74) is 6.11. The highest BCUT2D eigenvalue weighted by molar-refractivity contribution is 7.99. The zero-order chi connectivity index (χ0) is 13.1. The van der Waals surface area contributed by atoms with Crippen LogP contribution in [0.1, 0.15) is 57.4 Å². The highest BCUT2D eigenvalue weighted by Crippen LogP contribution is 2.33. The summed E-state index contributed by atoms with van der Waals surface area (Å²) >= 11 is 1.80. The molecule has 2 fully saturated rings. The summed E-state index contributed by atoms with van der Waals surface area (Å²) in [5.74, 6) is 1.80. The second-order valence-electron chi connectivity index (χ2n) is 5.84. The molecule has 0 aromatic carbocycles. The van der Waals surface area contributed by atoms with Gasteiger partial charge in [-0.15, -0.1) is 5.10 Å². The Morgan fingerprint density at radius 2 is 2.00 bits per heavy atom. The van der Waals surface area contributed by atoms with Gasteiger partial charge >= 0.3 is 0 Å². The first kappa shape index (κ1) is 13.4. The molecule has 5 nitrogen and oxygen atoms in total. The Labute approximate surface area is 118 Å². The van der Waals surface area contributed by atoms with Gasteiger partial charge in [-0.25, -0.2) is 4.68 Å². The smallest absolute Gasteiger partial charge is 0.209 e. The summed E-state index contributed by atoms with van der Waals surface area (Å²) in [6.45, 7) is 0. The van der Waals surface area contributed by atoms with E-state index in [-0.39, 0.29) is 0 Å². The van der Waals surface area contributed by atoms with Crippen molar-refractivity contribution in [3.8, 4) is 0 Å². The first-order valence-electron chi connectivity index (χ1n) is 7.51. The van der Waals surface area contributed by atoms with Crippen molar-refractivity contribution in [2.24, 2.45) is 11.7 Å². The third-order valence-corrected chi connectivity index (χ3v) is 5.54. The standard InChI is InChI=1S/C13H23N5S/c14-12-7-3-4-10(12)8-9-19-13-15-16-17-18(13)11-5-1-2-6-11/h10-12H,1-9,14H2. The third-order valence-electron chi connectivity index (χ3n) is 4.57. The summed E-state index contributed by atoms with van der Waals surface area (Å²) in [6, 6.07) is 0.956. The Bertz CT molecular complexity index is 401. The molecule has 6 heteroatoms. The van der Waals surface area contributed by atoms with Gasteiger partial charge in [-0.05, 0) is 48.4 Å². The monoisotopic (exact) mass is 281 g/mol. The van der Waals surface area contributed by atoms with Gasteiger partial charge in [-0.3, -0.25) is 0 Å². The molecular formula is C13H23N5S. The molecule has 1 aromatic rings. The van der Waals surface area contributed by atoms with E-state index in [9.17, 15) is 0 Å². The van der Waals surface area contributed by atoms with Crippen LogP contribution in [0, 0.1) is 5.92 Å². The molecule has 0 saturated heterocycles. The van der Waals surface area contributed by atoms with E-state index in [0.29, 0.717) is 18.0 Å². The van der Waals surface area contributed by atoms with Crippen LogP contribution >= 0.6 is 11.8 Å². The zero-order valence-electron chi connectivity index (χ0n) is 11.4. The Hall–Kier alpha value is -0.620. The molecule has 2 aliphatic carbocycles. The van der Waals surface area contributed by atoms with Crippen molar-refractivity contribution in [2.45, 2.75) is 68.6 Å². The van der Waals surface area contributed by atoms with E-state index in [0.717, 1.165) is 10.9 Å². The first-order valence-corrected chi connectivity index (χ1v) is 8.49. The molecule has 0 spiro atoms. The number of nitrogens with two attached hydrogens (primary N) is 1. The summed E-state index contributed by atoms with van der Waals surface area (Å²) in [6.07, 6.45) is 10.1. The maximum Gasteiger partial charge on any atom is 0.209 e. The van der Waals surface area contributed by atoms with Gasteiger partial charge < -0.3 is 5.73 Å².